The number of Topliss-reactive ketones (excluding diaryl/α,β-unsaturated/α-hetero) is 1. The molecule has 0 N–H and O–H groups in total. The molecule has 20 heavy (non-hydrogen) atoms. The second kappa shape index (κ2) is 5.71. The molecule has 1 unspecified atom stereocenters. The quantitative estimate of drug-likeness (QED) is 0.857. The van der Waals surface area contributed by atoms with E-state index in [0.717, 1.165) is 25.0 Å². The highest BCUT2D eigenvalue weighted by molar-refractivity contribution is 5.81. The molecule has 1 atom stereocenters. The van der Waals surface area contributed by atoms with Crippen LogP contribution in [0.2, 0.25) is 0 Å². The normalized spacial score (nSPS) is 20.1. The van der Waals surface area contributed by atoms with Crippen molar-refractivity contribution in [3.05, 3.63) is 42.1 Å². The van der Waals surface area contributed by atoms with Crippen molar-refractivity contribution < 1.29 is 4.79 Å². The highest BCUT2D eigenvalue weighted by Gasteiger charge is 2.25. The molecule has 1 aromatic carbocycles. The Balaban J connectivity index is 1.82. The number of nitrogens with zero attached hydrogens (tertiary/aromatic N) is 2. The summed E-state index contributed by atoms with van der Waals surface area (Å²) < 4.78 is 0. The van der Waals surface area contributed by atoms with Crippen molar-refractivity contribution in [2.75, 3.05) is 6.54 Å². The third-order valence-corrected chi connectivity index (χ3v) is 4.14. The molecule has 0 aliphatic carbocycles. The highest BCUT2D eigenvalue weighted by atomic mass is 16.1. The Morgan fingerprint density at radius 2 is 2.25 bits per heavy atom. The van der Waals surface area contributed by atoms with Crippen LogP contribution in [0.4, 0.5) is 0 Å². The summed E-state index contributed by atoms with van der Waals surface area (Å²) in [7, 11) is 0. The molecule has 1 aliphatic heterocycles. The number of rotatable bonds is 3. The molecule has 2 aromatic rings. The third-order valence-electron chi connectivity index (χ3n) is 4.14. The van der Waals surface area contributed by atoms with E-state index in [-0.39, 0.29) is 6.04 Å². The molecule has 1 fully saturated rings. The van der Waals surface area contributed by atoms with Gasteiger partial charge in [0.25, 0.3) is 0 Å². The van der Waals surface area contributed by atoms with Gasteiger partial charge in [-0.1, -0.05) is 18.6 Å². The van der Waals surface area contributed by atoms with Crippen LogP contribution in [-0.4, -0.2) is 28.3 Å². The fourth-order valence-corrected chi connectivity index (χ4v) is 3.10. The van der Waals surface area contributed by atoms with Gasteiger partial charge in [0.1, 0.15) is 5.78 Å². The van der Waals surface area contributed by atoms with Gasteiger partial charge in [-0.15, -0.1) is 0 Å². The lowest BCUT2D eigenvalue weighted by atomic mass is 9.98. The number of likely N-dealkylation sites (tertiary alicyclic amines) is 1. The zero-order chi connectivity index (χ0) is 13.9. The lowest BCUT2D eigenvalue weighted by molar-refractivity contribution is -0.123. The van der Waals surface area contributed by atoms with Crippen LogP contribution in [0.1, 0.15) is 31.7 Å². The number of hydrogen-bond acceptors (Lipinski definition) is 3. The van der Waals surface area contributed by atoms with Gasteiger partial charge >= 0.3 is 0 Å². The van der Waals surface area contributed by atoms with Crippen LogP contribution in [0.25, 0.3) is 10.9 Å². The summed E-state index contributed by atoms with van der Waals surface area (Å²) in [6, 6.07) is 10.5. The minimum absolute atomic E-state index is 0.105. The molecule has 0 saturated carbocycles. The summed E-state index contributed by atoms with van der Waals surface area (Å²) >= 11 is 0. The predicted octanol–water partition coefficient (Wildman–Crippen LogP) is 3.18. The molecule has 0 bridgehead atoms. The molecule has 0 radical (unpaired) electrons. The number of ketones is 1. The van der Waals surface area contributed by atoms with Crippen LogP contribution in [0, 0.1) is 0 Å². The maximum Gasteiger partial charge on any atom is 0.146 e. The number of hydrogen-bond donors (Lipinski definition) is 0. The van der Waals surface area contributed by atoms with E-state index in [1.165, 1.54) is 23.8 Å². The molecule has 3 rings (SSSR count). The van der Waals surface area contributed by atoms with Crippen LogP contribution in [0.5, 0.6) is 0 Å². The Labute approximate surface area is 119 Å². The summed E-state index contributed by atoms with van der Waals surface area (Å²) in [6.45, 7) is 3.59. The van der Waals surface area contributed by atoms with Gasteiger partial charge in [-0.3, -0.25) is 14.7 Å². The molecule has 0 amide bonds. The van der Waals surface area contributed by atoms with E-state index < -0.39 is 0 Å². The minimum atomic E-state index is 0.105. The molecular weight excluding hydrogens is 248 g/mol. The average Bonchev–Trinajstić information content (AvgIpc) is 2.47. The van der Waals surface area contributed by atoms with Gasteiger partial charge in [0.2, 0.25) is 0 Å². The first-order valence-electron chi connectivity index (χ1n) is 7.32. The monoisotopic (exact) mass is 268 g/mol. The van der Waals surface area contributed by atoms with Crippen LogP contribution >= 0.6 is 0 Å². The Kier molecular flexibility index (Phi) is 3.79. The lowest BCUT2D eigenvalue weighted by Gasteiger charge is -2.34. The Morgan fingerprint density at radius 3 is 3.10 bits per heavy atom. The van der Waals surface area contributed by atoms with Gasteiger partial charge in [0.15, 0.2) is 0 Å². The van der Waals surface area contributed by atoms with Crippen molar-refractivity contribution in [2.45, 2.75) is 38.8 Å². The van der Waals surface area contributed by atoms with Gasteiger partial charge in [0, 0.05) is 18.1 Å². The van der Waals surface area contributed by atoms with Crippen molar-refractivity contribution >= 4 is 16.7 Å². The maximum atomic E-state index is 11.8. The largest absolute Gasteiger partial charge is 0.298 e. The van der Waals surface area contributed by atoms with Crippen molar-refractivity contribution in [3.8, 4) is 0 Å². The molecule has 1 aliphatic rings. The first-order chi connectivity index (χ1) is 9.74. The number of pyridine rings is 1. The van der Waals surface area contributed by atoms with Crippen molar-refractivity contribution in [1.82, 2.24) is 9.88 Å². The topological polar surface area (TPSA) is 33.2 Å². The Bertz CT molecular complexity index is 623. The molecular formula is C17H20N2O. The lowest BCUT2D eigenvalue weighted by Crippen LogP contribution is -2.43. The number of carbonyl (C=O) groups is 1. The van der Waals surface area contributed by atoms with Gasteiger partial charge < -0.3 is 0 Å². The van der Waals surface area contributed by atoms with E-state index >= 15 is 0 Å². The average molecular weight is 268 g/mol. The van der Waals surface area contributed by atoms with Crippen LogP contribution in [0.15, 0.2) is 36.5 Å². The summed E-state index contributed by atoms with van der Waals surface area (Å²) in [4.78, 5) is 18.4. The van der Waals surface area contributed by atoms with E-state index in [2.05, 4.69) is 34.1 Å². The summed E-state index contributed by atoms with van der Waals surface area (Å²) in [5.74, 6) is 0.298. The van der Waals surface area contributed by atoms with Crippen molar-refractivity contribution in [1.29, 1.82) is 0 Å². The van der Waals surface area contributed by atoms with Crippen LogP contribution < -0.4 is 0 Å². The fraction of sp³-hybridized carbons (Fsp3) is 0.412. The second-order valence-corrected chi connectivity index (χ2v) is 5.62. The molecule has 104 valence electrons. The molecule has 3 heteroatoms. The zero-order valence-electron chi connectivity index (χ0n) is 11.9. The zero-order valence-corrected chi connectivity index (χ0v) is 11.9. The molecule has 3 nitrogen and oxygen atoms in total. The third kappa shape index (κ3) is 2.73. The first-order valence-corrected chi connectivity index (χ1v) is 7.32. The summed E-state index contributed by atoms with van der Waals surface area (Å²) in [6.07, 6.45) is 5.18. The second-order valence-electron chi connectivity index (χ2n) is 5.62. The van der Waals surface area contributed by atoms with Gasteiger partial charge in [-0.05, 0) is 50.1 Å². The van der Waals surface area contributed by atoms with E-state index in [0.29, 0.717) is 5.78 Å². The fourth-order valence-electron chi connectivity index (χ4n) is 3.10. The van der Waals surface area contributed by atoms with Gasteiger partial charge in [0.05, 0.1) is 11.6 Å². The van der Waals surface area contributed by atoms with Gasteiger partial charge in [-0.25, -0.2) is 0 Å². The maximum absolute atomic E-state index is 11.8. The van der Waals surface area contributed by atoms with E-state index in [1.54, 1.807) is 6.92 Å². The molecule has 1 saturated heterocycles. The molecule has 0 spiro atoms. The van der Waals surface area contributed by atoms with Crippen molar-refractivity contribution in [2.24, 2.45) is 0 Å². The number of piperidine rings is 1. The van der Waals surface area contributed by atoms with E-state index in [1.807, 2.05) is 12.3 Å². The highest BCUT2D eigenvalue weighted by Crippen LogP contribution is 2.22. The van der Waals surface area contributed by atoms with E-state index in [9.17, 15) is 4.79 Å². The van der Waals surface area contributed by atoms with Crippen molar-refractivity contribution in [3.63, 3.8) is 0 Å². The number of carbonyl (C=O) groups excluding carboxylic acids is 1. The van der Waals surface area contributed by atoms with Gasteiger partial charge in [-0.2, -0.15) is 0 Å². The predicted molar refractivity (Wildman–Crippen MR) is 80.5 cm³/mol. The number of fused-ring (bicyclic) bond motifs is 1. The molecule has 2 heterocycles. The van der Waals surface area contributed by atoms with Crippen LogP contribution in [0.3, 0.4) is 0 Å². The summed E-state index contributed by atoms with van der Waals surface area (Å²) in [5, 5.41) is 1.17. The number of benzene rings is 1. The first kappa shape index (κ1) is 13.3. The minimum Gasteiger partial charge on any atom is -0.298 e. The summed E-state index contributed by atoms with van der Waals surface area (Å²) in [5.41, 5.74) is 2.29. The Morgan fingerprint density at radius 1 is 1.35 bits per heavy atom. The van der Waals surface area contributed by atoms with E-state index in [4.69, 9.17) is 0 Å². The Hall–Kier alpha value is -1.74. The molecule has 1 aromatic heterocycles. The van der Waals surface area contributed by atoms with Crippen LogP contribution in [-0.2, 0) is 11.3 Å². The standard InChI is InChI=1S/C17H20N2O/c1-13(20)17-6-2-3-10-19(17)12-14-7-8-16-15(11-14)5-4-9-18-16/h4-5,7-9,11,17H,2-3,6,10,12H2,1H3. The smallest absolute Gasteiger partial charge is 0.146 e. The number of aromatic nitrogens is 1. The SMILES string of the molecule is CC(=O)C1CCCCN1Cc1ccc2ncccc2c1.